The van der Waals surface area contributed by atoms with Gasteiger partial charge in [-0.2, -0.15) is 0 Å². The molecule has 3 N–H and O–H groups in total. The maximum Gasteiger partial charge on any atom is 0.305 e. The Labute approximate surface area is 147 Å². The van der Waals surface area contributed by atoms with Gasteiger partial charge in [-0.1, -0.05) is 43.6 Å². The molecule has 0 bridgehead atoms. The summed E-state index contributed by atoms with van der Waals surface area (Å²) in [5.74, 6) is -0.702. The molecule has 1 fully saturated rings. The van der Waals surface area contributed by atoms with Gasteiger partial charge in [0, 0.05) is 24.2 Å². The Balaban J connectivity index is 2.02. The van der Waals surface area contributed by atoms with E-state index in [4.69, 9.17) is 16.7 Å². The van der Waals surface area contributed by atoms with E-state index < -0.39 is 5.97 Å². The number of rotatable bonds is 7. The third-order valence-electron chi connectivity index (χ3n) is 3.97. The number of carboxylic acids is 1. The van der Waals surface area contributed by atoms with Crippen molar-refractivity contribution in [2.24, 2.45) is 5.92 Å². The van der Waals surface area contributed by atoms with Gasteiger partial charge in [-0.15, -0.1) is 0 Å². The Morgan fingerprint density at radius 3 is 2.67 bits per heavy atom. The number of hydrazine groups is 1. The second-order valence-corrected chi connectivity index (χ2v) is 6.88. The molecule has 1 heterocycles. The summed E-state index contributed by atoms with van der Waals surface area (Å²) in [6, 6.07) is 7.10. The topological polar surface area (TPSA) is 81.7 Å². The monoisotopic (exact) mass is 353 g/mol. The van der Waals surface area contributed by atoms with E-state index in [1.165, 1.54) is 0 Å². The summed E-state index contributed by atoms with van der Waals surface area (Å²) in [6.45, 7) is 4.78. The van der Waals surface area contributed by atoms with Gasteiger partial charge in [-0.25, -0.2) is 10.9 Å². The summed E-state index contributed by atoms with van der Waals surface area (Å²) >= 11 is 6.22. The van der Waals surface area contributed by atoms with Crippen LogP contribution in [0.2, 0.25) is 5.02 Å². The van der Waals surface area contributed by atoms with E-state index in [2.05, 4.69) is 10.9 Å². The van der Waals surface area contributed by atoms with Crippen LogP contribution in [0.1, 0.15) is 38.3 Å². The Hall–Kier alpha value is -1.63. The van der Waals surface area contributed by atoms with Crippen LogP contribution < -0.4 is 10.9 Å². The van der Waals surface area contributed by atoms with Gasteiger partial charge in [0.2, 0.25) is 5.91 Å². The molecule has 2 atom stereocenters. The second-order valence-electron chi connectivity index (χ2n) is 6.47. The third-order valence-corrected chi connectivity index (χ3v) is 4.32. The highest BCUT2D eigenvalue weighted by Crippen LogP contribution is 2.28. The molecule has 1 aromatic carbocycles. The van der Waals surface area contributed by atoms with Crippen LogP contribution in [0.25, 0.3) is 0 Å². The van der Waals surface area contributed by atoms with E-state index in [-0.39, 0.29) is 36.9 Å². The fourth-order valence-electron chi connectivity index (χ4n) is 2.86. The fraction of sp³-hybridized carbons (Fsp3) is 0.529. The first-order valence-electron chi connectivity index (χ1n) is 8.14. The van der Waals surface area contributed by atoms with E-state index in [9.17, 15) is 9.59 Å². The van der Waals surface area contributed by atoms with Crippen molar-refractivity contribution in [2.45, 2.75) is 38.8 Å². The van der Waals surface area contributed by atoms with Crippen LogP contribution in [-0.2, 0) is 9.59 Å². The van der Waals surface area contributed by atoms with Crippen LogP contribution >= 0.6 is 11.6 Å². The molecular formula is C17H24ClN3O3. The molecule has 0 radical (unpaired) electrons. The minimum Gasteiger partial charge on any atom is -0.481 e. The lowest BCUT2D eigenvalue weighted by Gasteiger charge is -2.26. The first-order valence-corrected chi connectivity index (χ1v) is 8.52. The number of nitrogens with zero attached hydrogens (tertiary/aromatic N) is 1. The smallest absolute Gasteiger partial charge is 0.305 e. The minimum atomic E-state index is -0.900. The largest absolute Gasteiger partial charge is 0.481 e. The summed E-state index contributed by atoms with van der Waals surface area (Å²) in [5.41, 5.74) is 7.09. The van der Waals surface area contributed by atoms with Gasteiger partial charge < -0.3 is 10.0 Å². The molecule has 7 heteroatoms. The molecule has 6 nitrogen and oxygen atoms in total. The van der Waals surface area contributed by atoms with Gasteiger partial charge in [0.05, 0.1) is 6.42 Å². The molecule has 0 saturated carbocycles. The number of halogens is 1. The van der Waals surface area contributed by atoms with Crippen LogP contribution in [0.15, 0.2) is 24.3 Å². The van der Waals surface area contributed by atoms with Crippen molar-refractivity contribution in [3.05, 3.63) is 34.9 Å². The second kappa shape index (κ2) is 8.46. The standard InChI is InChI=1S/C17H24ClN3O3/c1-11(2)10-21(8-7-16(22)23)17(24)15-9-14(19-20-15)12-5-3-4-6-13(12)18/h3-6,11,14-15,19-20H,7-10H2,1-2H3,(H,22,23). The molecule has 1 saturated heterocycles. The van der Waals surface area contributed by atoms with Crippen molar-refractivity contribution in [3.8, 4) is 0 Å². The van der Waals surface area contributed by atoms with Crippen molar-refractivity contribution in [2.75, 3.05) is 13.1 Å². The molecule has 0 aliphatic carbocycles. The summed E-state index contributed by atoms with van der Waals surface area (Å²) < 4.78 is 0. The van der Waals surface area contributed by atoms with Crippen molar-refractivity contribution >= 4 is 23.5 Å². The molecule has 0 spiro atoms. The number of hydrogen-bond donors (Lipinski definition) is 3. The van der Waals surface area contributed by atoms with Crippen LogP contribution in [0.5, 0.6) is 0 Å². The summed E-state index contributed by atoms with van der Waals surface area (Å²) in [4.78, 5) is 25.2. The highest BCUT2D eigenvalue weighted by Gasteiger charge is 2.33. The minimum absolute atomic E-state index is 0.0481. The molecule has 2 rings (SSSR count). The molecule has 1 aliphatic heterocycles. The number of benzene rings is 1. The van der Waals surface area contributed by atoms with Gasteiger partial charge in [-0.05, 0) is 24.0 Å². The summed E-state index contributed by atoms with van der Waals surface area (Å²) in [5, 5.41) is 9.55. The van der Waals surface area contributed by atoms with Gasteiger partial charge in [0.25, 0.3) is 0 Å². The van der Waals surface area contributed by atoms with Crippen molar-refractivity contribution in [3.63, 3.8) is 0 Å². The van der Waals surface area contributed by atoms with Crippen LogP contribution in [0.3, 0.4) is 0 Å². The number of carbonyl (C=O) groups is 2. The Morgan fingerprint density at radius 2 is 2.04 bits per heavy atom. The third kappa shape index (κ3) is 4.93. The number of aliphatic carboxylic acids is 1. The van der Waals surface area contributed by atoms with E-state index in [0.717, 1.165) is 5.56 Å². The van der Waals surface area contributed by atoms with Gasteiger partial charge in [-0.3, -0.25) is 9.59 Å². The highest BCUT2D eigenvalue weighted by atomic mass is 35.5. The van der Waals surface area contributed by atoms with Crippen LogP contribution in [-0.4, -0.2) is 41.0 Å². The van der Waals surface area contributed by atoms with E-state index in [1.54, 1.807) is 4.90 Å². The number of carboxylic acid groups (broad SMARTS) is 1. The fourth-order valence-corrected chi connectivity index (χ4v) is 3.13. The summed E-state index contributed by atoms with van der Waals surface area (Å²) in [7, 11) is 0. The predicted octanol–water partition coefficient (Wildman–Crippen LogP) is 2.21. The quantitative estimate of drug-likeness (QED) is 0.700. The lowest BCUT2D eigenvalue weighted by atomic mass is 10.0. The SMILES string of the molecule is CC(C)CN(CCC(=O)O)C(=O)C1CC(c2ccccc2Cl)NN1. The lowest BCUT2D eigenvalue weighted by Crippen LogP contribution is -2.47. The Kier molecular flexibility index (Phi) is 6.60. The van der Waals surface area contributed by atoms with E-state index >= 15 is 0 Å². The molecule has 2 unspecified atom stereocenters. The van der Waals surface area contributed by atoms with Gasteiger partial charge in [0.1, 0.15) is 6.04 Å². The molecule has 1 aliphatic rings. The van der Waals surface area contributed by atoms with Crippen molar-refractivity contribution in [1.29, 1.82) is 0 Å². The maximum atomic E-state index is 12.8. The van der Waals surface area contributed by atoms with Gasteiger partial charge >= 0.3 is 5.97 Å². The zero-order valence-corrected chi connectivity index (χ0v) is 14.7. The normalized spacial score (nSPS) is 20.3. The maximum absolute atomic E-state index is 12.8. The predicted molar refractivity (Wildman–Crippen MR) is 92.5 cm³/mol. The molecule has 132 valence electrons. The molecule has 1 aromatic rings. The number of carbonyl (C=O) groups excluding carboxylic acids is 1. The molecule has 1 amide bonds. The van der Waals surface area contributed by atoms with Crippen LogP contribution in [0, 0.1) is 5.92 Å². The Bertz CT molecular complexity index is 594. The number of nitrogens with one attached hydrogen (secondary N) is 2. The number of hydrogen-bond acceptors (Lipinski definition) is 4. The average Bonchev–Trinajstić information content (AvgIpc) is 3.00. The van der Waals surface area contributed by atoms with Gasteiger partial charge in [0.15, 0.2) is 0 Å². The molecule has 0 aromatic heterocycles. The lowest BCUT2D eigenvalue weighted by molar-refractivity contribution is -0.139. The first-order chi connectivity index (χ1) is 11.4. The highest BCUT2D eigenvalue weighted by molar-refractivity contribution is 6.31. The van der Waals surface area contributed by atoms with E-state index in [0.29, 0.717) is 18.0 Å². The molecular weight excluding hydrogens is 330 g/mol. The average molecular weight is 354 g/mol. The zero-order valence-electron chi connectivity index (χ0n) is 14.0. The summed E-state index contributed by atoms with van der Waals surface area (Å²) in [6.07, 6.45) is 0.525. The zero-order chi connectivity index (χ0) is 17.7. The van der Waals surface area contributed by atoms with E-state index in [1.807, 2.05) is 38.1 Å². The number of amides is 1. The van der Waals surface area contributed by atoms with Crippen LogP contribution in [0.4, 0.5) is 0 Å². The van der Waals surface area contributed by atoms with Crippen molar-refractivity contribution < 1.29 is 14.7 Å². The first kappa shape index (κ1) is 18.7. The van der Waals surface area contributed by atoms with Crippen molar-refractivity contribution in [1.82, 2.24) is 15.8 Å². The molecule has 24 heavy (non-hydrogen) atoms. The Morgan fingerprint density at radius 1 is 1.33 bits per heavy atom.